The number of morpholine rings is 1. The minimum atomic E-state index is -0.325. The molecular formula is C17H32N2O3. The van der Waals surface area contributed by atoms with Crippen LogP contribution in [-0.2, 0) is 14.3 Å². The Kier molecular flexibility index (Phi) is 6.66. The molecule has 22 heavy (non-hydrogen) atoms. The van der Waals surface area contributed by atoms with Gasteiger partial charge < -0.3 is 14.4 Å². The van der Waals surface area contributed by atoms with E-state index in [-0.39, 0.29) is 12.0 Å². The van der Waals surface area contributed by atoms with E-state index in [1.165, 1.54) is 0 Å². The lowest BCUT2D eigenvalue weighted by atomic mass is 10.0. The normalized spacial score (nSPS) is 28.3. The number of ether oxygens (including phenoxy) is 2. The number of rotatable bonds is 6. The number of nitrogens with zero attached hydrogens (tertiary/aromatic N) is 2. The van der Waals surface area contributed by atoms with Crippen molar-refractivity contribution in [2.45, 2.75) is 46.3 Å². The standard InChI is InChI=1S/C17H32N2O3/c1-13(2)5-8-22-15(4)17(20)19-11-14(3)16(12-19)18-6-9-21-10-7-18/h13-16H,5-12H2,1-4H3/t14-,15-,16-/m1/s1. The Hall–Kier alpha value is -0.650. The summed E-state index contributed by atoms with van der Waals surface area (Å²) in [6.45, 7) is 14.4. The predicted octanol–water partition coefficient (Wildman–Crippen LogP) is 1.62. The van der Waals surface area contributed by atoms with E-state index in [0.29, 0.717) is 24.5 Å². The lowest BCUT2D eigenvalue weighted by molar-refractivity contribution is -0.142. The Bertz CT molecular complexity index is 356. The molecule has 5 heteroatoms. The molecule has 2 saturated heterocycles. The van der Waals surface area contributed by atoms with Crippen LogP contribution in [0, 0.1) is 11.8 Å². The highest BCUT2D eigenvalue weighted by molar-refractivity contribution is 5.80. The van der Waals surface area contributed by atoms with Crippen molar-refractivity contribution in [3.8, 4) is 0 Å². The summed E-state index contributed by atoms with van der Waals surface area (Å²) in [4.78, 5) is 17.0. The molecule has 2 rings (SSSR count). The summed E-state index contributed by atoms with van der Waals surface area (Å²) >= 11 is 0. The molecule has 2 aliphatic heterocycles. The Labute approximate surface area is 134 Å². The van der Waals surface area contributed by atoms with Crippen LogP contribution in [-0.4, -0.2) is 73.9 Å². The number of carbonyl (C=O) groups excluding carboxylic acids is 1. The van der Waals surface area contributed by atoms with Crippen molar-refractivity contribution in [2.24, 2.45) is 11.8 Å². The molecule has 3 atom stereocenters. The van der Waals surface area contributed by atoms with E-state index in [2.05, 4.69) is 25.7 Å². The van der Waals surface area contributed by atoms with Crippen molar-refractivity contribution in [3.63, 3.8) is 0 Å². The third kappa shape index (κ3) is 4.67. The first kappa shape index (κ1) is 17.7. The summed E-state index contributed by atoms with van der Waals surface area (Å²) in [7, 11) is 0. The van der Waals surface area contributed by atoms with Crippen LogP contribution in [0.2, 0.25) is 0 Å². The van der Waals surface area contributed by atoms with Gasteiger partial charge in [0.25, 0.3) is 5.91 Å². The summed E-state index contributed by atoms with van der Waals surface area (Å²) in [5.41, 5.74) is 0. The largest absolute Gasteiger partial charge is 0.379 e. The highest BCUT2D eigenvalue weighted by atomic mass is 16.5. The lowest BCUT2D eigenvalue weighted by Crippen LogP contribution is -2.47. The SMILES string of the molecule is CC(C)CCO[C@H](C)C(=O)N1C[C@@H](C)[C@H](N2CCOCC2)C1. The van der Waals surface area contributed by atoms with Gasteiger partial charge in [-0.1, -0.05) is 20.8 Å². The highest BCUT2D eigenvalue weighted by Crippen LogP contribution is 2.23. The van der Waals surface area contributed by atoms with Gasteiger partial charge in [0.2, 0.25) is 0 Å². The zero-order valence-corrected chi connectivity index (χ0v) is 14.6. The average Bonchev–Trinajstić information content (AvgIpc) is 2.88. The second-order valence-electron chi connectivity index (χ2n) is 7.13. The van der Waals surface area contributed by atoms with Gasteiger partial charge in [-0.25, -0.2) is 0 Å². The Morgan fingerprint density at radius 3 is 2.55 bits per heavy atom. The van der Waals surface area contributed by atoms with Crippen LogP contribution in [0.4, 0.5) is 0 Å². The van der Waals surface area contributed by atoms with E-state index in [0.717, 1.165) is 45.8 Å². The molecule has 0 spiro atoms. The van der Waals surface area contributed by atoms with E-state index in [1.54, 1.807) is 0 Å². The van der Waals surface area contributed by atoms with Gasteiger partial charge in [0, 0.05) is 38.8 Å². The molecule has 128 valence electrons. The maximum absolute atomic E-state index is 12.6. The molecule has 0 saturated carbocycles. The van der Waals surface area contributed by atoms with E-state index < -0.39 is 0 Å². The Balaban J connectivity index is 1.81. The fraction of sp³-hybridized carbons (Fsp3) is 0.941. The molecule has 0 N–H and O–H groups in total. The van der Waals surface area contributed by atoms with Gasteiger partial charge in [-0.15, -0.1) is 0 Å². The number of hydrogen-bond acceptors (Lipinski definition) is 4. The van der Waals surface area contributed by atoms with Crippen LogP contribution in [0.1, 0.15) is 34.1 Å². The van der Waals surface area contributed by atoms with Crippen molar-refractivity contribution in [2.75, 3.05) is 46.0 Å². The van der Waals surface area contributed by atoms with E-state index in [4.69, 9.17) is 9.47 Å². The molecule has 2 heterocycles. The Morgan fingerprint density at radius 2 is 1.91 bits per heavy atom. The fourth-order valence-corrected chi connectivity index (χ4v) is 3.32. The Morgan fingerprint density at radius 1 is 1.23 bits per heavy atom. The van der Waals surface area contributed by atoms with Crippen molar-refractivity contribution in [1.82, 2.24) is 9.80 Å². The summed E-state index contributed by atoms with van der Waals surface area (Å²) in [6, 6.07) is 0.468. The van der Waals surface area contributed by atoms with Crippen LogP contribution < -0.4 is 0 Å². The molecule has 0 aromatic heterocycles. The summed E-state index contributed by atoms with van der Waals surface area (Å²) in [6.07, 6.45) is 0.680. The molecule has 0 unspecified atom stereocenters. The fourth-order valence-electron chi connectivity index (χ4n) is 3.32. The molecule has 0 bridgehead atoms. The van der Waals surface area contributed by atoms with Gasteiger partial charge in [0.15, 0.2) is 0 Å². The van der Waals surface area contributed by atoms with Gasteiger partial charge in [-0.05, 0) is 25.2 Å². The zero-order chi connectivity index (χ0) is 16.1. The first-order valence-corrected chi connectivity index (χ1v) is 8.71. The van der Waals surface area contributed by atoms with Gasteiger partial charge >= 0.3 is 0 Å². The summed E-state index contributed by atoms with van der Waals surface area (Å²) in [5.74, 6) is 1.27. The van der Waals surface area contributed by atoms with E-state index in [1.807, 2.05) is 11.8 Å². The average molecular weight is 312 g/mol. The van der Waals surface area contributed by atoms with Crippen LogP contribution in [0.3, 0.4) is 0 Å². The molecule has 0 radical (unpaired) electrons. The second-order valence-corrected chi connectivity index (χ2v) is 7.13. The summed E-state index contributed by atoms with van der Waals surface area (Å²) < 4.78 is 11.1. The highest BCUT2D eigenvalue weighted by Gasteiger charge is 2.37. The topological polar surface area (TPSA) is 42.0 Å². The quantitative estimate of drug-likeness (QED) is 0.747. The molecule has 1 amide bonds. The zero-order valence-electron chi connectivity index (χ0n) is 14.6. The van der Waals surface area contributed by atoms with Crippen LogP contribution in [0.5, 0.6) is 0 Å². The number of hydrogen-bond donors (Lipinski definition) is 0. The van der Waals surface area contributed by atoms with Crippen LogP contribution >= 0.6 is 0 Å². The van der Waals surface area contributed by atoms with Gasteiger partial charge in [0.1, 0.15) is 6.10 Å². The smallest absolute Gasteiger partial charge is 0.251 e. The minimum Gasteiger partial charge on any atom is -0.379 e. The second kappa shape index (κ2) is 8.27. The number of likely N-dealkylation sites (tertiary alicyclic amines) is 1. The summed E-state index contributed by atoms with van der Waals surface area (Å²) in [5, 5.41) is 0. The van der Waals surface area contributed by atoms with Gasteiger partial charge in [-0.3, -0.25) is 9.69 Å². The lowest BCUT2D eigenvalue weighted by Gasteiger charge is -2.34. The van der Waals surface area contributed by atoms with Crippen molar-refractivity contribution >= 4 is 5.91 Å². The maximum Gasteiger partial charge on any atom is 0.251 e. The third-order valence-corrected chi connectivity index (χ3v) is 4.81. The van der Waals surface area contributed by atoms with Crippen molar-refractivity contribution in [1.29, 1.82) is 0 Å². The minimum absolute atomic E-state index is 0.145. The van der Waals surface area contributed by atoms with Crippen LogP contribution in [0.25, 0.3) is 0 Å². The molecule has 0 aliphatic carbocycles. The molecule has 2 aliphatic rings. The molecule has 0 aromatic carbocycles. The van der Waals surface area contributed by atoms with E-state index >= 15 is 0 Å². The maximum atomic E-state index is 12.6. The monoisotopic (exact) mass is 312 g/mol. The first-order chi connectivity index (χ1) is 10.5. The van der Waals surface area contributed by atoms with Gasteiger partial charge in [0.05, 0.1) is 13.2 Å². The first-order valence-electron chi connectivity index (χ1n) is 8.71. The predicted molar refractivity (Wildman–Crippen MR) is 86.8 cm³/mol. The molecule has 2 fully saturated rings. The molecule has 5 nitrogen and oxygen atoms in total. The van der Waals surface area contributed by atoms with Crippen LogP contribution in [0.15, 0.2) is 0 Å². The number of amides is 1. The molecule has 0 aromatic rings. The molecular weight excluding hydrogens is 280 g/mol. The number of carbonyl (C=O) groups is 1. The van der Waals surface area contributed by atoms with E-state index in [9.17, 15) is 4.79 Å². The van der Waals surface area contributed by atoms with Crippen molar-refractivity contribution < 1.29 is 14.3 Å². The van der Waals surface area contributed by atoms with Gasteiger partial charge in [-0.2, -0.15) is 0 Å². The van der Waals surface area contributed by atoms with Crippen molar-refractivity contribution in [3.05, 3.63) is 0 Å². The third-order valence-electron chi connectivity index (χ3n) is 4.81.